The molecule has 4 heteroatoms. The normalized spacial score (nSPS) is 10.1. The van der Waals surface area contributed by atoms with Crippen molar-refractivity contribution < 1.29 is 14.3 Å². The van der Waals surface area contributed by atoms with Gasteiger partial charge >= 0.3 is 5.97 Å². The maximum Gasteiger partial charge on any atom is 0.338 e. The third-order valence-electron chi connectivity index (χ3n) is 2.80. The molecule has 0 bridgehead atoms. The van der Waals surface area contributed by atoms with E-state index in [1.54, 1.807) is 6.07 Å². The van der Waals surface area contributed by atoms with Gasteiger partial charge in [0, 0.05) is 0 Å². The highest BCUT2D eigenvalue weighted by Gasteiger charge is 2.20. The number of hydrogen-bond acceptors (Lipinski definition) is 3. The van der Waals surface area contributed by atoms with E-state index in [1.165, 1.54) is 7.11 Å². The molecule has 0 fully saturated rings. The largest absolute Gasteiger partial charge is 0.465 e. The maximum atomic E-state index is 11.6. The van der Waals surface area contributed by atoms with Gasteiger partial charge in [0.1, 0.15) is 0 Å². The van der Waals surface area contributed by atoms with E-state index in [-0.39, 0.29) is 5.56 Å². The van der Waals surface area contributed by atoms with E-state index in [0.717, 1.165) is 17.5 Å². The van der Waals surface area contributed by atoms with Crippen molar-refractivity contribution in [3.63, 3.8) is 0 Å². The SMILES string of the molecule is CCc1ccc(C(=O)OC)c(C(N)=O)c1CC. The van der Waals surface area contributed by atoms with Crippen molar-refractivity contribution in [1.82, 2.24) is 0 Å². The second kappa shape index (κ2) is 5.48. The van der Waals surface area contributed by atoms with E-state index >= 15 is 0 Å². The van der Waals surface area contributed by atoms with Gasteiger partial charge in [-0.2, -0.15) is 0 Å². The number of aryl methyl sites for hydroxylation is 1. The molecule has 0 aliphatic carbocycles. The van der Waals surface area contributed by atoms with Crippen LogP contribution in [0.3, 0.4) is 0 Å². The lowest BCUT2D eigenvalue weighted by molar-refractivity contribution is 0.0597. The minimum atomic E-state index is -0.586. The number of hydrogen-bond donors (Lipinski definition) is 1. The fourth-order valence-corrected chi connectivity index (χ4v) is 1.99. The highest BCUT2D eigenvalue weighted by Crippen LogP contribution is 2.21. The van der Waals surface area contributed by atoms with Gasteiger partial charge in [-0.3, -0.25) is 4.79 Å². The molecule has 0 atom stereocenters. The zero-order valence-electron chi connectivity index (χ0n) is 10.4. The molecule has 2 N–H and O–H groups in total. The van der Waals surface area contributed by atoms with Crippen LogP contribution in [0.1, 0.15) is 45.7 Å². The van der Waals surface area contributed by atoms with Gasteiger partial charge in [-0.1, -0.05) is 19.9 Å². The first-order valence-electron chi connectivity index (χ1n) is 5.59. The summed E-state index contributed by atoms with van der Waals surface area (Å²) in [6.07, 6.45) is 1.46. The third kappa shape index (κ3) is 2.46. The molecular formula is C13H17NO3. The van der Waals surface area contributed by atoms with Gasteiger partial charge in [0.25, 0.3) is 0 Å². The molecule has 17 heavy (non-hydrogen) atoms. The van der Waals surface area contributed by atoms with Gasteiger partial charge in [0.2, 0.25) is 5.91 Å². The van der Waals surface area contributed by atoms with Crippen molar-refractivity contribution >= 4 is 11.9 Å². The molecule has 0 saturated heterocycles. The smallest absolute Gasteiger partial charge is 0.338 e. The van der Waals surface area contributed by atoms with Crippen molar-refractivity contribution in [1.29, 1.82) is 0 Å². The standard InChI is InChI=1S/C13H17NO3/c1-4-8-6-7-10(13(16)17-3)11(12(14)15)9(8)5-2/h6-7H,4-5H2,1-3H3,(H2,14,15). The Labute approximate surface area is 101 Å². The van der Waals surface area contributed by atoms with Crippen LogP contribution in [-0.2, 0) is 17.6 Å². The van der Waals surface area contributed by atoms with E-state index in [2.05, 4.69) is 4.74 Å². The van der Waals surface area contributed by atoms with Gasteiger partial charge in [0.05, 0.1) is 18.2 Å². The van der Waals surface area contributed by atoms with E-state index in [1.807, 2.05) is 19.9 Å². The van der Waals surface area contributed by atoms with Crippen molar-refractivity contribution in [3.05, 3.63) is 34.4 Å². The topological polar surface area (TPSA) is 69.4 Å². The molecule has 0 aromatic heterocycles. The first kappa shape index (κ1) is 13.2. The van der Waals surface area contributed by atoms with Crippen LogP contribution in [0.2, 0.25) is 0 Å². The lowest BCUT2D eigenvalue weighted by Crippen LogP contribution is -2.20. The molecule has 0 saturated carbocycles. The van der Waals surface area contributed by atoms with Crippen LogP contribution in [0.25, 0.3) is 0 Å². The summed E-state index contributed by atoms with van der Waals surface area (Å²) >= 11 is 0. The Kier molecular flexibility index (Phi) is 4.26. The van der Waals surface area contributed by atoms with Gasteiger partial charge < -0.3 is 10.5 Å². The fraction of sp³-hybridized carbons (Fsp3) is 0.385. The number of rotatable bonds is 4. The molecule has 0 heterocycles. The average molecular weight is 235 g/mol. The van der Waals surface area contributed by atoms with Gasteiger partial charge in [-0.05, 0) is 30.0 Å². The lowest BCUT2D eigenvalue weighted by atomic mass is 9.92. The number of amides is 1. The molecule has 0 radical (unpaired) electrons. The molecule has 0 spiro atoms. The van der Waals surface area contributed by atoms with Crippen LogP contribution in [0.5, 0.6) is 0 Å². The van der Waals surface area contributed by atoms with E-state index in [0.29, 0.717) is 12.0 Å². The monoisotopic (exact) mass is 235 g/mol. The van der Waals surface area contributed by atoms with Crippen LogP contribution >= 0.6 is 0 Å². The summed E-state index contributed by atoms with van der Waals surface area (Å²) < 4.78 is 4.65. The second-order valence-corrected chi connectivity index (χ2v) is 3.69. The van der Waals surface area contributed by atoms with E-state index < -0.39 is 11.9 Å². The first-order chi connectivity index (χ1) is 8.06. The summed E-state index contributed by atoms with van der Waals surface area (Å²) in [5.74, 6) is -1.12. The van der Waals surface area contributed by atoms with Crippen LogP contribution in [0, 0.1) is 0 Å². The molecule has 1 rings (SSSR count). The molecule has 0 aliphatic heterocycles. The average Bonchev–Trinajstić information content (AvgIpc) is 2.35. The molecular weight excluding hydrogens is 218 g/mol. The molecule has 0 unspecified atom stereocenters. The summed E-state index contributed by atoms with van der Waals surface area (Å²) in [6, 6.07) is 3.45. The van der Waals surface area contributed by atoms with E-state index in [4.69, 9.17) is 5.73 Å². The van der Waals surface area contributed by atoms with Crippen molar-refractivity contribution in [2.24, 2.45) is 5.73 Å². The highest BCUT2D eigenvalue weighted by molar-refractivity contribution is 6.06. The molecule has 1 aromatic rings. The summed E-state index contributed by atoms with van der Waals surface area (Å²) in [6.45, 7) is 3.93. The number of primary amides is 1. The Morgan fingerprint density at radius 2 is 1.88 bits per heavy atom. The number of carbonyl (C=O) groups excluding carboxylic acids is 2. The molecule has 4 nitrogen and oxygen atoms in total. The zero-order chi connectivity index (χ0) is 13.0. The maximum absolute atomic E-state index is 11.6. The number of ether oxygens (including phenoxy) is 1. The first-order valence-corrected chi connectivity index (χ1v) is 5.59. The van der Waals surface area contributed by atoms with Crippen LogP contribution in [0.15, 0.2) is 12.1 Å². The summed E-state index contributed by atoms with van der Waals surface area (Å²) in [7, 11) is 1.28. The second-order valence-electron chi connectivity index (χ2n) is 3.69. The molecule has 0 aliphatic rings. The zero-order valence-corrected chi connectivity index (χ0v) is 10.4. The quantitative estimate of drug-likeness (QED) is 0.807. The minimum absolute atomic E-state index is 0.244. The van der Waals surface area contributed by atoms with Gasteiger partial charge in [-0.25, -0.2) is 4.79 Å². The number of esters is 1. The summed E-state index contributed by atoms with van der Waals surface area (Å²) in [5, 5.41) is 0. The Hall–Kier alpha value is -1.84. The van der Waals surface area contributed by atoms with E-state index in [9.17, 15) is 9.59 Å². The number of methoxy groups -OCH3 is 1. The van der Waals surface area contributed by atoms with Crippen molar-refractivity contribution in [3.8, 4) is 0 Å². The van der Waals surface area contributed by atoms with Crippen LogP contribution < -0.4 is 5.73 Å². The Morgan fingerprint density at radius 1 is 1.24 bits per heavy atom. The fourth-order valence-electron chi connectivity index (χ4n) is 1.99. The Balaban J connectivity index is 3.53. The van der Waals surface area contributed by atoms with Crippen molar-refractivity contribution in [2.75, 3.05) is 7.11 Å². The number of carbonyl (C=O) groups is 2. The van der Waals surface area contributed by atoms with Gasteiger partial charge in [-0.15, -0.1) is 0 Å². The predicted octanol–water partition coefficient (Wildman–Crippen LogP) is 1.70. The van der Waals surface area contributed by atoms with Gasteiger partial charge in [0.15, 0.2) is 0 Å². The molecule has 92 valence electrons. The third-order valence-corrected chi connectivity index (χ3v) is 2.80. The number of benzene rings is 1. The predicted molar refractivity (Wildman–Crippen MR) is 65.1 cm³/mol. The number of nitrogens with two attached hydrogens (primary N) is 1. The summed E-state index contributed by atoms with van der Waals surface area (Å²) in [4.78, 5) is 23.1. The molecule has 1 aromatic carbocycles. The Morgan fingerprint density at radius 3 is 2.29 bits per heavy atom. The minimum Gasteiger partial charge on any atom is -0.465 e. The van der Waals surface area contributed by atoms with Crippen LogP contribution in [-0.4, -0.2) is 19.0 Å². The highest BCUT2D eigenvalue weighted by atomic mass is 16.5. The lowest BCUT2D eigenvalue weighted by Gasteiger charge is -2.13. The van der Waals surface area contributed by atoms with Crippen molar-refractivity contribution in [2.45, 2.75) is 26.7 Å². The summed E-state index contributed by atoms with van der Waals surface area (Å²) in [5.41, 5.74) is 7.77. The van der Waals surface area contributed by atoms with Crippen LogP contribution in [0.4, 0.5) is 0 Å². The molecule has 1 amide bonds. The Bertz CT molecular complexity index is 452.